The molecule has 2 aliphatic heterocycles. The molecule has 3 heterocycles. The number of H-pyrrole nitrogens is 1. The van der Waals surface area contributed by atoms with Crippen LogP contribution in [0.3, 0.4) is 0 Å². The molecule has 1 aromatic heterocycles. The lowest BCUT2D eigenvalue weighted by atomic mass is 9.97. The fourth-order valence-corrected chi connectivity index (χ4v) is 5.73. The number of carbonyl (C=O) groups excluding carboxylic acids is 1. The van der Waals surface area contributed by atoms with Crippen molar-refractivity contribution in [2.45, 2.75) is 24.2 Å². The topological polar surface area (TPSA) is 101 Å². The minimum absolute atomic E-state index is 0.0775. The second-order valence-electron chi connectivity index (χ2n) is 8.07. The van der Waals surface area contributed by atoms with Crippen LogP contribution in [0, 0.1) is 5.92 Å². The molecule has 0 bridgehead atoms. The molecular weight excluding hydrogens is 430 g/mol. The lowest BCUT2D eigenvalue weighted by molar-refractivity contribution is -0.120. The molecule has 2 aliphatic rings. The number of nitrogens with zero attached hydrogens (tertiary/aromatic N) is 1. The monoisotopic (exact) mass is 455 g/mol. The van der Waals surface area contributed by atoms with Crippen molar-refractivity contribution in [3.05, 3.63) is 48.7 Å². The van der Waals surface area contributed by atoms with E-state index in [-0.39, 0.29) is 16.7 Å². The first-order valence-electron chi connectivity index (χ1n) is 10.8. The average Bonchev–Trinajstić information content (AvgIpc) is 3.17. The Labute approximate surface area is 186 Å². The van der Waals surface area contributed by atoms with Gasteiger partial charge in [-0.2, -0.15) is 4.31 Å². The predicted molar refractivity (Wildman–Crippen MR) is 120 cm³/mol. The number of sulfonamides is 1. The van der Waals surface area contributed by atoms with E-state index in [1.807, 2.05) is 30.5 Å². The molecule has 168 valence electrons. The SMILES string of the molecule is O=C(Nc1cccc2[nH]ccc12)C1CCN(S(=O)(=O)c2ccc3c(c2)OCCCO3)CC1. The van der Waals surface area contributed by atoms with E-state index in [2.05, 4.69) is 10.3 Å². The lowest BCUT2D eigenvalue weighted by Crippen LogP contribution is -2.41. The number of rotatable bonds is 4. The van der Waals surface area contributed by atoms with Gasteiger partial charge in [0.1, 0.15) is 0 Å². The van der Waals surface area contributed by atoms with Gasteiger partial charge in [0.2, 0.25) is 15.9 Å². The summed E-state index contributed by atoms with van der Waals surface area (Å²) < 4.78 is 39.0. The summed E-state index contributed by atoms with van der Waals surface area (Å²) in [7, 11) is -3.67. The second kappa shape index (κ2) is 8.48. The fourth-order valence-electron chi connectivity index (χ4n) is 4.24. The molecule has 9 heteroatoms. The highest BCUT2D eigenvalue weighted by molar-refractivity contribution is 7.89. The number of benzene rings is 2. The van der Waals surface area contributed by atoms with Crippen molar-refractivity contribution in [2.75, 3.05) is 31.6 Å². The van der Waals surface area contributed by atoms with E-state index in [0.717, 1.165) is 23.0 Å². The third-order valence-electron chi connectivity index (χ3n) is 6.03. The maximum absolute atomic E-state index is 13.2. The summed E-state index contributed by atoms with van der Waals surface area (Å²) >= 11 is 0. The van der Waals surface area contributed by atoms with Crippen LogP contribution in [0.15, 0.2) is 53.6 Å². The maximum Gasteiger partial charge on any atom is 0.243 e. The first-order valence-corrected chi connectivity index (χ1v) is 12.2. The molecule has 32 heavy (non-hydrogen) atoms. The van der Waals surface area contributed by atoms with Gasteiger partial charge in [-0.1, -0.05) is 6.07 Å². The Kier molecular flexibility index (Phi) is 5.52. The van der Waals surface area contributed by atoms with Gasteiger partial charge in [0, 0.05) is 48.6 Å². The van der Waals surface area contributed by atoms with Crippen molar-refractivity contribution in [3.63, 3.8) is 0 Å². The van der Waals surface area contributed by atoms with Crippen LogP contribution in [0.4, 0.5) is 5.69 Å². The van der Waals surface area contributed by atoms with Gasteiger partial charge in [-0.25, -0.2) is 8.42 Å². The highest BCUT2D eigenvalue weighted by atomic mass is 32.2. The van der Waals surface area contributed by atoms with E-state index in [1.54, 1.807) is 12.1 Å². The number of fused-ring (bicyclic) bond motifs is 2. The van der Waals surface area contributed by atoms with Crippen LogP contribution in [0.5, 0.6) is 11.5 Å². The number of piperidine rings is 1. The summed E-state index contributed by atoms with van der Waals surface area (Å²) in [6.45, 7) is 1.63. The molecule has 1 fully saturated rings. The van der Waals surface area contributed by atoms with E-state index in [4.69, 9.17) is 9.47 Å². The van der Waals surface area contributed by atoms with E-state index >= 15 is 0 Å². The van der Waals surface area contributed by atoms with Gasteiger partial charge in [-0.05, 0) is 43.2 Å². The third kappa shape index (κ3) is 3.93. The molecule has 2 aromatic carbocycles. The summed E-state index contributed by atoms with van der Waals surface area (Å²) in [4.78, 5) is 16.1. The van der Waals surface area contributed by atoms with Crippen LogP contribution in [-0.4, -0.2) is 49.9 Å². The molecule has 3 aromatic rings. The largest absolute Gasteiger partial charge is 0.490 e. The Morgan fingerprint density at radius 3 is 2.62 bits per heavy atom. The molecule has 5 rings (SSSR count). The molecule has 8 nitrogen and oxygen atoms in total. The molecule has 0 atom stereocenters. The van der Waals surface area contributed by atoms with Crippen molar-refractivity contribution in [1.82, 2.24) is 9.29 Å². The molecule has 0 radical (unpaired) electrons. The Hall–Kier alpha value is -3.04. The number of hydrogen-bond donors (Lipinski definition) is 2. The standard InChI is InChI=1S/C23H25N3O5S/c27-23(25-20-4-1-3-19-18(20)7-10-24-19)16-8-11-26(12-9-16)32(28,29)17-5-6-21-22(15-17)31-14-2-13-30-21/h1,3-7,10,15-16,24H,2,8-9,11-14H2,(H,25,27). The number of amides is 1. The van der Waals surface area contributed by atoms with Crippen LogP contribution in [0.2, 0.25) is 0 Å². The number of hydrogen-bond acceptors (Lipinski definition) is 5. The fraction of sp³-hybridized carbons (Fsp3) is 0.348. The molecule has 2 N–H and O–H groups in total. The molecule has 0 saturated carbocycles. The highest BCUT2D eigenvalue weighted by Crippen LogP contribution is 2.34. The second-order valence-corrected chi connectivity index (χ2v) is 10.0. The van der Waals surface area contributed by atoms with E-state index in [9.17, 15) is 13.2 Å². The first-order chi connectivity index (χ1) is 15.5. The van der Waals surface area contributed by atoms with Gasteiger partial charge in [-0.3, -0.25) is 4.79 Å². The predicted octanol–water partition coefficient (Wildman–Crippen LogP) is 3.37. The van der Waals surface area contributed by atoms with Crippen LogP contribution in [-0.2, 0) is 14.8 Å². The van der Waals surface area contributed by atoms with Crippen LogP contribution >= 0.6 is 0 Å². The zero-order valence-corrected chi connectivity index (χ0v) is 18.4. The van der Waals surface area contributed by atoms with Gasteiger partial charge in [0.15, 0.2) is 11.5 Å². The number of aromatic nitrogens is 1. The minimum Gasteiger partial charge on any atom is -0.490 e. The minimum atomic E-state index is -3.67. The van der Waals surface area contributed by atoms with Crippen LogP contribution in [0.1, 0.15) is 19.3 Å². The Morgan fingerprint density at radius 1 is 1.03 bits per heavy atom. The van der Waals surface area contributed by atoms with Crippen molar-refractivity contribution in [1.29, 1.82) is 0 Å². The number of anilines is 1. The Bertz CT molecular complexity index is 1250. The quantitative estimate of drug-likeness (QED) is 0.628. The summed E-state index contributed by atoms with van der Waals surface area (Å²) in [5.41, 5.74) is 1.72. The van der Waals surface area contributed by atoms with Gasteiger partial charge < -0.3 is 19.8 Å². The summed E-state index contributed by atoms with van der Waals surface area (Å²) in [6, 6.07) is 12.4. The number of ether oxygens (including phenoxy) is 2. The third-order valence-corrected chi connectivity index (χ3v) is 7.93. The summed E-state index contributed by atoms with van der Waals surface area (Å²) in [5, 5.41) is 3.96. The molecule has 1 amide bonds. The van der Waals surface area contributed by atoms with Crippen molar-refractivity contribution >= 4 is 32.5 Å². The number of nitrogens with one attached hydrogen (secondary N) is 2. The molecule has 0 aliphatic carbocycles. The van der Waals surface area contributed by atoms with Crippen molar-refractivity contribution < 1.29 is 22.7 Å². The summed E-state index contributed by atoms with van der Waals surface area (Å²) in [6.07, 6.45) is 3.53. The molecule has 1 saturated heterocycles. The van der Waals surface area contributed by atoms with E-state index in [0.29, 0.717) is 50.6 Å². The first kappa shape index (κ1) is 20.8. The zero-order valence-electron chi connectivity index (χ0n) is 17.5. The maximum atomic E-state index is 13.2. The Balaban J connectivity index is 1.25. The molecular formula is C23H25N3O5S. The van der Waals surface area contributed by atoms with Gasteiger partial charge in [0.25, 0.3) is 0 Å². The van der Waals surface area contributed by atoms with Crippen molar-refractivity contribution in [3.8, 4) is 11.5 Å². The van der Waals surface area contributed by atoms with E-state index in [1.165, 1.54) is 10.4 Å². The molecule has 0 unspecified atom stereocenters. The highest BCUT2D eigenvalue weighted by Gasteiger charge is 2.33. The smallest absolute Gasteiger partial charge is 0.243 e. The zero-order chi connectivity index (χ0) is 22.1. The summed E-state index contributed by atoms with van der Waals surface area (Å²) in [5.74, 6) is 0.705. The normalized spacial score (nSPS) is 17.8. The van der Waals surface area contributed by atoms with Crippen LogP contribution < -0.4 is 14.8 Å². The van der Waals surface area contributed by atoms with Gasteiger partial charge in [-0.15, -0.1) is 0 Å². The number of carbonyl (C=O) groups is 1. The lowest BCUT2D eigenvalue weighted by Gasteiger charge is -2.30. The molecule has 0 spiro atoms. The average molecular weight is 456 g/mol. The Morgan fingerprint density at radius 2 is 1.81 bits per heavy atom. The van der Waals surface area contributed by atoms with E-state index < -0.39 is 10.0 Å². The van der Waals surface area contributed by atoms with Gasteiger partial charge in [0.05, 0.1) is 23.8 Å². The van der Waals surface area contributed by atoms with Crippen molar-refractivity contribution in [2.24, 2.45) is 5.92 Å². The van der Waals surface area contributed by atoms with Crippen LogP contribution in [0.25, 0.3) is 10.9 Å². The van der Waals surface area contributed by atoms with Gasteiger partial charge >= 0.3 is 0 Å². The number of aromatic amines is 1.